The average Bonchev–Trinajstić information content (AvgIpc) is 2.45. The lowest BCUT2D eigenvalue weighted by atomic mass is 9.71. The van der Waals surface area contributed by atoms with Gasteiger partial charge in [0.2, 0.25) is 0 Å². The average molecular weight is 343 g/mol. The smallest absolute Gasteiger partial charge is 0.0618 e. The summed E-state index contributed by atoms with van der Waals surface area (Å²) < 4.78 is 0. The number of rotatable bonds is 5. The number of aliphatic hydroxyl groups is 1. The van der Waals surface area contributed by atoms with E-state index in [-0.39, 0.29) is 12.0 Å². The summed E-state index contributed by atoms with van der Waals surface area (Å²) in [6.45, 7) is 17.9. The molecule has 1 nitrogen and oxygen atoms in total. The van der Waals surface area contributed by atoms with Crippen LogP contribution < -0.4 is 0 Å². The van der Waals surface area contributed by atoms with Gasteiger partial charge in [-0.25, -0.2) is 0 Å². The largest absolute Gasteiger partial charge is 0.392 e. The topological polar surface area (TPSA) is 20.2 Å². The molecular formula is C24H38O. The van der Waals surface area contributed by atoms with Crippen molar-refractivity contribution >= 4 is 0 Å². The Balaban J connectivity index is 3.09. The van der Waals surface area contributed by atoms with Crippen LogP contribution in [-0.4, -0.2) is 11.7 Å². The van der Waals surface area contributed by atoms with Crippen molar-refractivity contribution in [2.45, 2.75) is 81.1 Å². The molecule has 0 bridgehead atoms. The minimum absolute atomic E-state index is 0.0109. The standard InChI is InChI=1S/C24H38O/c1-18(11-13-21(23(4,5)6)20(3)15-17-25)12-14-22-19(2)10-9-16-24(22,7)8/h11-12,15,25H,9-10,14,16-17H2,1-8H3/b18-12+,20-15-. The van der Waals surface area contributed by atoms with Crippen LogP contribution in [0.1, 0.15) is 81.1 Å². The molecule has 1 heteroatoms. The zero-order valence-corrected chi connectivity index (χ0v) is 17.7. The summed E-state index contributed by atoms with van der Waals surface area (Å²) in [7, 11) is 0. The maximum Gasteiger partial charge on any atom is 0.0618 e. The molecule has 0 amide bonds. The van der Waals surface area contributed by atoms with Crippen molar-refractivity contribution < 1.29 is 5.11 Å². The highest BCUT2D eigenvalue weighted by atomic mass is 16.2. The Kier molecular flexibility index (Phi) is 7.72. The summed E-state index contributed by atoms with van der Waals surface area (Å²) in [5, 5.41) is 9.19. The fourth-order valence-corrected chi connectivity index (χ4v) is 3.79. The molecule has 1 N–H and O–H groups in total. The van der Waals surface area contributed by atoms with Crippen molar-refractivity contribution in [2.24, 2.45) is 10.8 Å². The molecule has 1 aliphatic carbocycles. The lowest BCUT2D eigenvalue weighted by Crippen LogP contribution is -2.20. The number of hydrogen-bond donors (Lipinski definition) is 1. The summed E-state index contributed by atoms with van der Waals surface area (Å²) in [5.41, 5.74) is 10.5. The molecule has 140 valence electrons. The highest BCUT2D eigenvalue weighted by molar-refractivity contribution is 5.35. The van der Waals surface area contributed by atoms with E-state index in [1.54, 1.807) is 11.1 Å². The molecule has 25 heavy (non-hydrogen) atoms. The molecule has 0 aromatic heterocycles. The van der Waals surface area contributed by atoms with Crippen LogP contribution in [0.5, 0.6) is 0 Å². The fourth-order valence-electron chi connectivity index (χ4n) is 3.79. The molecule has 1 aliphatic rings. The van der Waals surface area contributed by atoms with E-state index in [1.807, 2.05) is 6.08 Å². The Morgan fingerprint density at radius 2 is 1.84 bits per heavy atom. The van der Waals surface area contributed by atoms with Crippen LogP contribution >= 0.6 is 0 Å². The van der Waals surface area contributed by atoms with Crippen LogP contribution in [0.4, 0.5) is 0 Å². The minimum atomic E-state index is 0.0109. The van der Waals surface area contributed by atoms with Gasteiger partial charge >= 0.3 is 0 Å². The summed E-state index contributed by atoms with van der Waals surface area (Å²) in [6, 6.07) is 0. The molecule has 0 unspecified atom stereocenters. The summed E-state index contributed by atoms with van der Waals surface area (Å²) >= 11 is 0. The zero-order valence-electron chi connectivity index (χ0n) is 17.7. The molecule has 0 atom stereocenters. The van der Waals surface area contributed by atoms with Crippen LogP contribution in [0.3, 0.4) is 0 Å². The van der Waals surface area contributed by atoms with Crippen LogP contribution in [0.15, 0.2) is 51.8 Å². The molecule has 0 fully saturated rings. The number of allylic oxidation sites excluding steroid dienone is 6. The third-order valence-corrected chi connectivity index (χ3v) is 5.30. The molecule has 0 aromatic carbocycles. The van der Waals surface area contributed by atoms with Gasteiger partial charge in [0.15, 0.2) is 0 Å². The zero-order chi connectivity index (χ0) is 19.3. The number of hydrogen-bond acceptors (Lipinski definition) is 1. The Morgan fingerprint density at radius 1 is 1.20 bits per heavy atom. The molecule has 1 rings (SSSR count). The Hall–Kier alpha value is -1.30. The summed E-state index contributed by atoms with van der Waals surface area (Å²) in [4.78, 5) is 0. The highest BCUT2D eigenvalue weighted by Gasteiger charge is 2.27. The second-order valence-corrected chi connectivity index (χ2v) is 9.13. The Bertz CT molecular complexity index is 623. The van der Waals surface area contributed by atoms with E-state index in [1.165, 1.54) is 24.8 Å². The maximum atomic E-state index is 9.19. The molecule has 0 spiro atoms. The molecule has 0 saturated heterocycles. The Morgan fingerprint density at radius 3 is 2.36 bits per heavy atom. The first kappa shape index (κ1) is 21.7. The molecule has 0 saturated carbocycles. The van der Waals surface area contributed by atoms with Gasteiger partial charge in [-0.05, 0) is 74.5 Å². The first-order chi connectivity index (χ1) is 11.5. The van der Waals surface area contributed by atoms with E-state index < -0.39 is 0 Å². The van der Waals surface area contributed by atoms with E-state index >= 15 is 0 Å². The summed E-state index contributed by atoms with van der Waals surface area (Å²) in [5.74, 6) is 0. The quantitative estimate of drug-likeness (QED) is 0.327. The first-order valence-electron chi connectivity index (χ1n) is 9.60. The lowest BCUT2D eigenvalue weighted by Gasteiger charge is -2.34. The monoisotopic (exact) mass is 342 g/mol. The summed E-state index contributed by atoms with van der Waals surface area (Å²) in [6.07, 6.45) is 11.2. The first-order valence-corrected chi connectivity index (χ1v) is 9.60. The van der Waals surface area contributed by atoms with Crippen LogP contribution in [0.2, 0.25) is 0 Å². The van der Waals surface area contributed by atoms with Gasteiger partial charge in [0.25, 0.3) is 0 Å². The molecular weight excluding hydrogens is 304 g/mol. The van der Waals surface area contributed by atoms with Gasteiger partial charge in [0.1, 0.15) is 0 Å². The maximum absolute atomic E-state index is 9.19. The van der Waals surface area contributed by atoms with Gasteiger partial charge in [-0.15, -0.1) is 5.73 Å². The fraction of sp³-hybridized carbons (Fsp3) is 0.625. The van der Waals surface area contributed by atoms with E-state index in [9.17, 15) is 5.11 Å². The van der Waals surface area contributed by atoms with Crippen LogP contribution in [-0.2, 0) is 0 Å². The lowest BCUT2D eigenvalue weighted by molar-refractivity contribution is 0.341. The molecule has 0 radical (unpaired) electrons. The van der Waals surface area contributed by atoms with Gasteiger partial charge in [0.05, 0.1) is 6.61 Å². The second kappa shape index (κ2) is 8.88. The van der Waals surface area contributed by atoms with Crippen LogP contribution in [0.25, 0.3) is 0 Å². The highest BCUT2D eigenvalue weighted by Crippen LogP contribution is 2.42. The van der Waals surface area contributed by atoms with E-state index in [4.69, 9.17) is 0 Å². The predicted octanol–water partition coefficient (Wildman–Crippen LogP) is 6.92. The third-order valence-electron chi connectivity index (χ3n) is 5.30. The van der Waals surface area contributed by atoms with Crippen molar-refractivity contribution in [1.29, 1.82) is 0 Å². The number of aliphatic hydroxyl groups excluding tert-OH is 1. The van der Waals surface area contributed by atoms with Gasteiger partial charge in [-0.1, -0.05) is 57.9 Å². The minimum Gasteiger partial charge on any atom is -0.392 e. The van der Waals surface area contributed by atoms with E-state index in [0.717, 1.165) is 17.6 Å². The van der Waals surface area contributed by atoms with E-state index in [2.05, 4.69) is 73.3 Å². The normalized spacial score (nSPS) is 18.9. The molecule has 0 heterocycles. The SMILES string of the molecule is CC1=C(C/C=C(\C)C=C=C(/C(C)=C\CO)C(C)(C)C)C(C)(C)CCC1. The third kappa shape index (κ3) is 6.49. The van der Waals surface area contributed by atoms with Crippen molar-refractivity contribution in [3.05, 3.63) is 51.8 Å². The van der Waals surface area contributed by atoms with Crippen molar-refractivity contribution in [2.75, 3.05) is 6.61 Å². The molecule has 0 aromatic rings. The van der Waals surface area contributed by atoms with Crippen LogP contribution in [0, 0.1) is 10.8 Å². The van der Waals surface area contributed by atoms with Gasteiger partial charge in [0, 0.05) is 5.57 Å². The van der Waals surface area contributed by atoms with Gasteiger partial charge in [-0.2, -0.15) is 0 Å². The van der Waals surface area contributed by atoms with Gasteiger partial charge < -0.3 is 5.11 Å². The molecule has 0 aliphatic heterocycles. The van der Waals surface area contributed by atoms with Crippen molar-refractivity contribution in [1.82, 2.24) is 0 Å². The van der Waals surface area contributed by atoms with Crippen molar-refractivity contribution in [3.63, 3.8) is 0 Å². The Labute approximate surface area is 155 Å². The second-order valence-electron chi connectivity index (χ2n) is 9.13. The van der Waals surface area contributed by atoms with Crippen molar-refractivity contribution in [3.8, 4) is 0 Å². The van der Waals surface area contributed by atoms with E-state index in [0.29, 0.717) is 5.41 Å². The predicted molar refractivity (Wildman–Crippen MR) is 111 cm³/mol. The van der Waals surface area contributed by atoms with Gasteiger partial charge in [-0.3, -0.25) is 0 Å².